The summed E-state index contributed by atoms with van der Waals surface area (Å²) in [6, 6.07) is 4.84. The van der Waals surface area contributed by atoms with Crippen molar-refractivity contribution in [2.45, 2.75) is 50.5 Å². The lowest BCUT2D eigenvalue weighted by Gasteiger charge is -2.21. The number of sulfonamides is 1. The number of nitrogens with one attached hydrogen (secondary N) is 1. The zero-order chi connectivity index (χ0) is 16.2. The topological polar surface area (TPSA) is 66.5 Å². The van der Waals surface area contributed by atoms with E-state index in [4.69, 9.17) is 0 Å². The predicted molar refractivity (Wildman–Crippen MR) is 83.0 cm³/mol. The number of benzene rings is 1. The molecular weight excluding hydrogens is 288 g/mol. The molecule has 0 aliphatic carbocycles. The van der Waals surface area contributed by atoms with Crippen LogP contribution in [0.4, 0.5) is 5.69 Å². The molecule has 5 nitrogen and oxygen atoms in total. The molecule has 1 aromatic carbocycles. The lowest BCUT2D eigenvalue weighted by molar-refractivity contribution is -0.121. The monoisotopic (exact) mass is 310 g/mol. The first kappa shape index (κ1) is 16.0. The molecule has 0 saturated heterocycles. The summed E-state index contributed by atoms with van der Waals surface area (Å²) in [5.41, 5.74) is 0.239. The molecule has 1 aromatic rings. The van der Waals surface area contributed by atoms with E-state index in [1.807, 2.05) is 13.8 Å². The molecule has 1 N–H and O–H groups in total. The normalized spacial score (nSPS) is 18.0. The van der Waals surface area contributed by atoms with Gasteiger partial charge in [0.05, 0.1) is 10.3 Å². The van der Waals surface area contributed by atoms with Crippen LogP contribution in [0, 0.1) is 0 Å². The summed E-state index contributed by atoms with van der Waals surface area (Å²) in [5.74, 6) is -0.0316. The highest BCUT2D eigenvalue weighted by atomic mass is 32.2. The standard InChI is InChI=1S/C15H22N2O3S/c1-14(2,3)16-21(19,20)10-7-8-12-11(9-10)15(4,5)13(18)17(12)6/h7-9,16H,1-6H3. The molecule has 21 heavy (non-hydrogen) atoms. The Balaban J connectivity index is 2.54. The van der Waals surface area contributed by atoms with Crippen LogP contribution in [0.25, 0.3) is 0 Å². The highest BCUT2D eigenvalue weighted by Crippen LogP contribution is 2.41. The SMILES string of the molecule is CN1C(=O)C(C)(C)c2cc(S(=O)(=O)NC(C)(C)C)ccc21. The number of carbonyl (C=O) groups excluding carboxylic acids is 1. The van der Waals surface area contributed by atoms with E-state index >= 15 is 0 Å². The van der Waals surface area contributed by atoms with Crippen LogP contribution < -0.4 is 9.62 Å². The van der Waals surface area contributed by atoms with E-state index in [2.05, 4.69) is 4.72 Å². The van der Waals surface area contributed by atoms with Crippen molar-refractivity contribution in [3.05, 3.63) is 23.8 Å². The second-order valence-electron chi connectivity index (χ2n) is 7.02. The van der Waals surface area contributed by atoms with Crippen LogP contribution in [-0.2, 0) is 20.2 Å². The number of fused-ring (bicyclic) bond motifs is 1. The van der Waals surface area contributed by atoms with Gasteiger partial charge in [-0.1, -0.05) is 0 Å². The summed E-state index contributed by atoms with van der Waals surface area (Å²) in [7, 11) is -1.90. The van der Waals surface area contributed by atoms with Gasteiger partial charge in [0.15, 0.2) is 0 Å². The van der Waals surface area contributed by atoms with Crippen LogP contribution in [-0.4, -0.2) is 26.9 Å². The van der Waals surface area contributed by atoms with E-state index in [1.165, 1.54) is 6.07 Å². The van der Waals surface area contributed by atoms with Gasteiger partial charge in [-0.15, -0.1) is 0 Å². The Morgan fingerprint density at radius 1 is 1.19 bits per heavy atom. The molecule has 6 heteroatoms. The van der Waals surface area contributed by atoms with E-state index < -0.39 is 21.0 Å². The summed E-state index contributed by atoms with van der Waals surface area (Å²) in [6.45, 7) is 8.99. The van der Waals surface area contributed by atoms with E-state index in [1.54, 1.807) is 44.9 Å². The van der Waals surface area contributed by atoms with Crippen LogP contribution in [0.15, 0.2) is 23.1 Å². The van der Waals surface area contributed by atoms with Crippen molar-refractivity contribution < 1.29 is 13.2 Å². The second-order valence-corrected chi connectivity index (χ2v) is 8.71. The highest BCUT2D eigenvalue weighted by molar-refractivity contribution is 7.89. The molecule has 1 aliphatic heterocycles. The fourth-order valence-corrected chi connectivity index (χ4v) is 4.03. The molecule has 0 bridgehead atoms. The maximum absolute atomic E-state index is 12.4. The zero-order valence-corrected chi connectivity index (χ0v) is 14.1. The largest absolute Gasteiger partial charge is 0.314 e. The second kappa shape index (κ2) is 4.55. The molecule has 1 amide bonds. The first-order valence-electron chi connectivity index (χ1n) is 6.83. The fraction of sp³-hybridized carbons (Fsp3) is 0.533. The number of nitrogens with zero attached hydrogens (tertiary/aromatic N) is 1. The van der Waals surface area contributed by atoms with Crippen LogP contribution >= 0.6 is 0 Å². The molecule has 116 valence electrons. The van der Waals surface area contributed by atoms with Gasteiger partial charge < -0.3 is 4.90 Å². The quantitative estimate of drug-likeness (QED) is 0.909. The third-order valence-corrected chi connectivity index (χ3v) is 5.35. The summed E-state index contributed by atoms with van der Waals surface area (Å²) in [6.07, 6.45) is 0. The number of hydrogen-bond donors (Lipinski definition) is 1. The van der Waals surface area contributed by atoms with Crippen LogP contribution in [0.1, 0.15) is 40.2 Å². The average Bonchev–Trinajstić information content (AvgIpc) is 2.48. The van der Waals surface area contributed by atoms with E-state index in [9.17, 15) is 13.2 Å². The molecule has 1 heterocycles. The number of hydrogen-bond acceptors (Lipinski definition) is 3. The number of likely N-dealkylation sites (N-methyl/N-ethyl adjacent to an activating group) is 1. The average molecular weight is 310 g/mol. The van der Waals surface area contributed by atoms with Crippen molar-refractivity contribution in [2.75, 3.05) is 11.9 Å². The van der Waals surface area contributed by atoms with Crippen molar-refractivity contribution >= 4 is 21.6 Å². The number of carbonyl (C=O) groups is 1. The first-order chi connectivity index (χ1) is 9.36. The maximum Gasteiger partial charge on any atom is 0.241 e. The molecule has 0 fully saturated rings. The van der Waals surface area contributed by atoms with Crippen molar-refractivity contribution in [2.24, 2.45) is 0 Å². The van der Waals surface area contributed by atoms with Gasteiger partial charge in [-0.2, -0.15) is 0 Å². The molecule has 0 spiro atoms. The van der Waals surface area contributed by atoms with Crippen molar-refractivity contribution in [3.63, 3.8) is 0 Å². The van der Waals surface area contributed by atoms with E-state index in [-0.39, 0.29) is 10.8 Å². The summed E-state index contributed by atoms with van der Waals surface area (Å²) in [5, 5.41) is 0. The van der Waals surface area contributed by atoms with Gasteiger partial charge in [-0.25, -0.2) is 13.1 Å². The van der Waals surface area contributed by atoms with E-state index in [0.29, 0.717) is 0 Å². The number of amides is 1. The molecule has 0 atom stereocenters. The zero-order valence-electron chi connectivity index (χ0n) is 13.3. The molecule has 0 unspecified atom stereocenters. The summed E-state index contributed by atoms with van der Waals surface area (Å²) >= 11 is 0. The third-order valence-electron chi connectivity index (χ3n) is 3.59. The highest BCUT2D eigenvalue weighted by Gasteiger charge is 2.42. The number of anilines is 1. The van der Waals surface area contributed by atoms with Gasteiger partial charge in [-0.05, 0) is 58.4 Å². The molecule has 0 aromatic heterocycles. The first-order valence-corrected chi connectivity index (χ1v) is 8.31. The lowest BCUT2D eigenvalue weighted by atomic mass is 9.86. The Bertz CT molecular complexity index is 700. The fourth-order valence-electron chi connectivity index (χ4n) is 2.58. The van der Waals surface area contributed by atoms with E-state index in [0.717, 1.165) is 11.3 Å². The van der Waals surface area contributed by atoms with Gasteiger partial charge in [0, 0.05) is 18.3 Å². The minimum absolute atomic E-state index is 0.0316. The Labute approximate surface area is 126 Å². The lowest BCUT2D eigenvalue weighted by Crippen LogP contribution is -2.40. The molecular formula is C15H22N2O3S. The Morgan fingerprint density at radius 3 is 2.29 bits per heavy atom. The Kier molecular flexibility index (Phi) is 3.46. The summed E-state index contributed by atoms with van der Waals surface area (Å²) < 4.78 is 27.5. The molecule has 1 aliphatic rings. The van der Waals surface area contributed by atoms with Gasteiger partial charge in [0.1, 0.15) is 0 Å². The maximum atomic E-state index is 12.4. The van der Waals surface area contributed by atoms with Crippen LogP contribution in [0.2, 0.25) is 0 Å². The Hall–Kier alpha value is -1.40. The van der Waals surface area contributed by atoms with Crippen LogP contribution in [0.3, 0.4) is 0 Å². The third kappa shape index (κ3) is 2.70. The minimum Gasteiger partial charge on any atom is -0.314 e. The smallest absolute Gasteiger partial charge is 0.241 e. The summed E-state index contributed by atoms with van der Waals surface area (Å²) in [4.78, 5) is 14.0. The van der Waals surface area contributed by atoms with Gasteiger partial charge in [0.2, 0.25) is 15.9 Å². The van der Waals surface area contributed by atoms with Crippen molar-refractivity contribution in [1.82, 2.24) is 4.72 Å². The predicted octanol–water partition coefficient (Wildman–Crippen LogP) is 2.02. The van der Waals surface area contributed by atoms with Gasteiger partial charge >= 0.3 is 0 Å². The molecule has 2 rings (SSSR count). The van der Waals surface area contributed by atoms with Crippen molar-refractivity contribution in [3.8, 4) is 0 Å². The molecule has 0 saturated carbocycles. The minimum atomic E-state index is -3.60. The Morgan fingerprint density at radius 2 is 1.76 bits per heavy atom. The van der Waals surface area contributed by atoms with Crippen LogP contribution in [0.5, 0.6) is 0 Å². The molecule has 0 radical (unpaired) electrons. The van der Waals surface area contributed by atoms with Gasteiger partial charge in [-0.3, -0.25) is 4.79 Å². The van der Waals surface area contributed by atoms with Crippen molar-refractivity contribution in [1.29, 1.82) is 0 Å². The number of rotatable bonds is 2. The van der Waals surface area contributed by atoms with Gasteiger partial charge in [0.25, 0.3) is 0 Å².